The summed E-state index contributed by atoms with van der Waals surface area (Å²) in [6, 6.07) is 12.9. The fraction of sp³-hybridized carbons (Fsp3) is 0.440. The molecule has 6 heteroatoms. The monoisotopic (exact) mass is 425 g/mol. The van der Waals surface area contributed by atoms with Crippen LogP contribution in [0, 0.1) is 6.92 Å². The van der Waals surface area contributed by atoms with E-state index in [2.05, 4.69) is 13.8 Å². The molecule has 2 atom stereocenters. The van der Waals surface area contributed by atoms with Crippen LogP contribution in [0.25, 0.3) is 0 Å². The molecule has 0 N–H and O–H groups in total. The van der Waals surface area contributed by atoms with Crippen LogP contribution >= 0.6 is 0 Å². The maximum absolute atomic E-state index is 12.6. The number of benzene rings is 2. The Morgan fingerprint density at radius 3 is 2.35 bits per heavy atom. The van der Waals surface area contributed by atoms with Crippen LogP contribution < -0.4 is 9.47 Å². The zero-order valence-electron chi connectivity index (χ0n) is 18.7. The predicted octanol–water partition coefficient (Wildman–Crippen LogP) is 4.53. The third kappa shape index (κ3) is 5.78. The van der Waals surface area contributed by atoms with Crippen molar-refractivity contribution in [2.24, 2.45) is 0 Å². The Balaban J connectivity index is 1.53. The van der Waals surface area contributed by atoms with Gasteiger partial charge >= 0.3 is 5.97 Å². The average Bonchev–Trinajstić information content (AvgIpc) is 2.76. The van der Waals surface area contributed by atoms with Crippen molar-refractivity contribution in [2.45, 2.75) is 58.7 Å². The van der Waals surface area contributed by atoms with E-state index in [1.54, 1.807) is 31.4 Å². The first-order chi connectivity index (χ1) is 14.9. The quantitative estimate of drug-likeness (QED) is 0.610. The second kappa shape index (κ2) is 10.3. The van der Waals surface area contributed by atoms with Gasteiger partial charge < -0.3 is 19.1 Å². The molecule has 1 fully saturated rings. The molecule has 1 heterocycles. The summed E-state index contributed by atoms with van der Waals surface area (Å²) in [4.78, 5) is 26.9. The zero-order valence-corrected chi connectivity index (χ0v) is 18.7. The molecule has 6 nitrogen and oxygen atoms in total. The van der Waals surface area contributed by atoms with Crippen LogP contribution in [0.3, 0.4) is 0 Å². The van der Waals surface area contributed by atoms with E-state index in [4.69, 9.17) is 14.2 Å². The summed E-state index contributed by atoms with van der Waals surface area (Å²) in [5, 5.41) is 0. The first-order valence-electron chi connectivity index (χ1n) is 10.7. The lowest BCUT2D eigenvalue weighted by atomic mass is 9.97. The molecule has 0 aliphatic carbocycles. The number of carbonyl (C=O) groups is 2. The van der Waals surface area contributed by atoms with Gasteiger partial charge in [-0.1, -0.05) is 11.6 Å². The van der Waals surface area contributed by atoms with Crippen LogP contribution in [-0.4, -0.2) is 42.6 Å². The Bertz CT molecular complexity index is 899. The molecule has 0 bridgehead atoms. The molecule has 0 radical (unpaired) electrons. The van der Waals surface area contributed by atoms with Crippen molar-refractivity contribution in [1.29, 1.82) is 0 Å². The lowest BCUT2D eigenvalue weighted by Gasteiger charge is -2.38. The minimum absolute atomic E-state index is 0.00436. The van der Waals surface area contributed by atoms with Crippen molar-refractivity contribution in [3.8, 4) is 11.5 Å². The molecular weight excluding hydrogens is 394 g/mol. The fourth-order valence-corrected chi connectivity index (χ4v) is 4.07. The first kappa shape index (κ1) is 22.7. The zero-order chi connectivity index (χ0) is 22.4. The fourth-order valence-electron chi connectivity index (χ4n) is 4.07. The van der Waals surface area contributed by atoms with E-state index in [1.165, 1.54) is 0 Å². The van der Waals surface area contributed by atoms with Crippen LogP contribution in [0.1, 0.15) is 54.6 Å². The Kier molecular flexibility index (Phi) is 7.55. The van der Waals surface area contributed by atoms with Crippen LogP contribution in [-0.2, 0) is 16.1 Å². The van der Waals surface area contributed by atoms with Gasteiger partial charge in [-0.15, -0.1) is 0 Å². The van der Waals surface area contributed by atoms with Gasteiger partial charge in [0.2, 0.25) is 0 Å². The smallest absolute Gasteiger partial charge is 0.338 e. The molecule has 2 aromatic carbocycles. The highest BCUT2D eigenvalue weighted by molar-refractivity contribution is 5.89. The Morgan fingerprint density at radius 1 is 1.03 bits per heavy atom. The number of methoxy groups -OCH3 is 1. The van der Waals surface area contributed by atoms with Crippen molar-refractivity contribution in [3.63, 3.8) is 0 Å². The van der Waals surface area contributed by atoms with E-state index in [9.17, 15) is 9.59 Å². The molecule has 0 aromatic heterocycles. The Morgan fingerprint density at radius 2 is 1.71 bits per heavy atom. The van der Waals surface area contributed by atoms with Crippen LogP contribution in [0.5, 0.6) is 11.5 Å². The molecule has 1 aliphatic heterocycles. The summed E-state index contributed by atoms with van der Waals surface area (Å²) in [5.74, 6) is 0.796. The number of hydrogen-bond donors (Lipinski definition) is 0. The molecule has 166 valence electrons. The van der Waals surface area contributed by atoms with E-state index in [0.29, 0.717) is 17.1 Å². The topological polar surface area (TPSA) is 65.1 Å². The first-order valence-corrected chi connectivity index (χ1v) is 10.7. The maximum atomic E-state index is 12.6. The van der Waals surface area contributed by atoms with Gasteiger partial charge in [0.05, 0.1) is 12.7 Å². The number of rotatable bonds is 7. The van der Waals surface area contributed by atoms with Gasteiger partial charge in [0.25, 0.3) is 5.91 Å². The molecule has 0 spiro atoms. The van der Waals surface area contributed by atoms with Crippen molar-refractivity contribution < 1.29 is 23.8 Å². The number of nitrogens with zero attached hydrogens (tertiary/aromatic N) is 1. The molecular formula is C25H31NO5. The summed E-state index contributed by atoms with van der Waals surface area (Å²) in [6.07, 6.45) is 3.21. The number of aryl methyl sites for hydroxylation is 1. The number of likely N-dealkylation sites (tertiary alicyclic amines) is 1. The summed E-state index contributed by atoms with van der Waals surface area (Å²) in [7, 11) is 1.59. The minimum Gasteiger partial charge on any atom is -0.496 e. The maximum Gasteiger partial charge on any atom is 0.338 e. The van der Waals surface area contributed by atoms with E-state index in [0.717, 1.165) is 30.4 Å². The number of piperidine rings is 1. The molecule has 3 rings (SSSR count). The number of hydrogen-bond acceptors (Lipinski definition) is 5. The van der Waals surface area contributed by atoms with Gasteiger partial charge in [-0.25, -0.2) is 4.79 Å². The largest absolute Gasteiger partial charge is 0.496 e. The highest BCUT2D eigenvalue weighted by Gasteiger charge is 2.29. The van der Waals surface area contributed by atoms with Crippen LogP contribution in [0.2, 0.25) is 0 Å². The van der Waals surface area contributed by atoms with E-state index in [1.807, 2.05) is 30.0 Å². The number of amides is 1. The summed E-state index contributed by atoms with van der Waals surface area (Å²) >= 11 is 0. The summed E-state index contributed by atoms with van der Waals surface area (Å²) in [6.45, 7) is 6.26. The van der Waals surface area contributed by atoms with Gasteiger partial charge in [0.1, 0.15) is 18.1 Å². The van der Waals surface area contributed by atoms with Crippen molar-refractivity contribution in [1.82, 2.24) is 4.90 Å². The molecule has 2 aromatic rings. The lowest BCUT2D eigenvalue weighted by Crippen LogP contribution is -2.49. The van der Waals surface area contributed by atoms with E-state index < -0.39 is 5.97 Å². The predicted molar refractivity (Wildman–Crippen MR) is 118 cm³/mol. The van der Waals surface area contributed by atoms with Gasteiger partial charge in [-0.3, -0.25) is 4.79 Å². The third-order valence-electron chi connectivity index (χ3n) is 5.73. The second-order valence-electron chi connectivity index (χ2n) is 8.13. The van der Waals surface area contributed by atoms with Gasteiger partial charge in [0.15, 0.2) is 6.61 Å². The number of ether oxygens (including phenoxy) is 3. The van der Waals surface area contributed by atoms with Crippen molar-refractivity contribution in [2.75, 3.05) is 13.7 Å². The van der Waals surface area contributed by atoms with Gasteiger partial charge in [-0.05, 0) is 76.4 Å². The highest BCUT2D eigenvalue weighted by atomic mass is 16.5. The third-order valence-corrected chi connectivity index (χ3v) is 5.73. The number of carbonyl (C=O) groups excluding carboxylic acids is 2. The molecule has 0 saturated carbocycles. The summed E-state index contributed by atoms with van der Waals surface area (Å²) < 4.78 is 16.4. The van der Waals surface area contributed by atoms with Crippen molar-refractivity contribution in [3.05, 3.63) is 59.2 Å². The molecule has 1 amide bonds. The van der Waals surface area contributed by atoms with Gasteiger partial charge in [0, 0.05) is 17.6 Å². The van der Waals surface area contributed by atoms with E-state index >= 15 is 0 Å². The van der Waals surface area contributed by atoms with Gasteiger partial charge in [-0.2, -0.15) is 0 Å². The second-order valence-corrected chi connectivity index (χ2v) is 8.13. The molecule has 1 aliphatic rings. The van der Waals surface area contributed by atoms with Crippen LogP contribution in [0.4, 0.5) is 0 Å². The van der Waals surface area contributed by atoms with Crippen LogP contribution in [0.15, 0.2) is 42.5 Å². The number of esters is 1. The Labute approximate surface area is 184 Å². The normalized spacial score (nSPS) is 18.4. The SMILES string of the molecule is COc1ccc(C)cc1COC(=O)c1ccc(OCC(=O)N2C(C)CCCC2C)cc1. The highest BCUT2D eigenvalue weighted by Crippen LogP contribution is 2.23. The molecule has 1 saturated heterocycles. The average molecular weight is 426 g/mol. The lowest BCUT2D eigenvalue weighted by molar-refractivity contribution is -0.139. The summed E-state index contributed by atoms with van der Waals surface area (Å²) in [5.41, 5.74) is 2.30. The van der Waals surface area contributed by atoms with E-state index in [-0.39, 0.29) is 31.2 Å². The standard InChI is InChI=1S/C25H31NO5/c1-17-8-13-23(29-4)21(14-17)15-31-25(28)20-9-11-22(12-10-20)30-16-24(27)26-18(2)6-5-7-19(26)3/h8-14,18-19H,5-7,15-16H2,1-4H3. The van der Waals surface area contributed by atoms with Crippen molar-refractivity contribution >= 4 is 11.9 Å². The minimum atomic E-state index is -0.429. The molecule has 31 heavy (non-hydrogen) atoms. The molecule has 2 unspecified atom stereocenters. The Hall–Kier alpha value is -3.02.